The molecule has 0 radical (unpaired) electrons. The number of amides is 1. The fourth-order valence-electron chi connectivity index (χ4n) is 4.51. The van der Waals surface area contributed by atoms with Gasteiger partial charge in [-0.05, 0) is 70.4 Å². The van der Waals surface area contributed by atoms with Crippen LogP contribution in [-0.4, -0.2) is 46.5 Å². The Morgan fingerprint density at radius 2 is 1.91 bits per heavy atom. The van der Waals surface area contributed by atoms with Gasteiger partial charge in [-0.3, -0.25) is 5.10 Å². The molecule has 1 atom stereocenters. The number of H-pyrrole nitrogens is 1. The van der Waals surface area contributed by atoms with Gasteiger partial charge in [-0.1, -0.05) is 28.1 Å². The van der Waals surface area contributed by atoms with Gasteiger partial charge in [0.25, 0.3) is 0 Å². The molecule has 1 amide bonds. The average Bonchev–Trinajstić information content (AvgIpc) is 3.25. The quantitative estimate of drug-likeness (QED) is 0.407. The molecule has 1 aliphatic heterocycles. The first-order chi connectivity index (χ1) is 16.1. The summed E-state index contributed by atoms with van der Waals surface area (Å²) >= 11 is 3.58. The molecule has 2 aromatic carbocycles. The number of aromatic amines is 1. The van der Waals surface area contributed by atoms with Crippen LogP contribution in [0.5, 0.6) is 0 Å². The molecule has 3 aromatic rings. The van der Waals surface area contributed by atoms with Crippen molar-refractivity contribution in [2.45, 2.75) is 57.7 Å². The van der Waals surface area contributed by atoms with Crippen LogP contribution in [0.1, 0.15) is 57.8 Å². The molecule has 0 bridgehead atoms. The zero-order valence-electron chi connectivity index (χ0n) is 20.0. The molecule has 34 heavy (non-hydrogen) atoms. The zero-order valence-corrected chi connectivity index (χ0v) is 21.6. The zero-order chi connectivity index (χ0) is 24.5. The van der Waals surface area contributed by atoms with Gasteiger partial charge in [0.05, 0.1) is 24.4 Å². The van der Waals surface area contributed by atoms with E-state index in [1.807, 2.05) is 52.0 Å². The number of piperidine rings is 1. The number of hydrogen-bond donors (Lipinski definition) is 1. The van der Waals surface area contributed by atoms with Crippen molar-refractivity contribution < 1.29 is 18.7 Å². The fraction of sp³-hybridized carbons (Fsp3) is 0.462. The van der Waals surface area contributed by atoms with E-state index in [2.05, 4.69) is 26.1 Å². The highest BCUT2D eigenvalue weighted by molar-refractivity contribution is 9.10. The van der Waals surface area contributed by atoms with Crippen LogP contribution in [0.4, 0.5) is 9.18 Å². The number of carbonyl (C=O) groups is 1. The average molecular weight is 532 g/mol. The summed E-state index contributed by atoms with van der Waals surface area (Å²) in [5, 5.41) is 8.25. The SMILES string of the molecule is CC(OCC1(c2ccc(F)cc2)CCN(C(=O)OC(C)(C)C)CC1)c1cc(Br)cc2cn[nH]c12. The van der Waals surface area contributed by atoms with Crippen LogP contribution >= 0.6 is 15.9 Å². The highest BCUT2D eigenvalue weighted by Crippen LogP contribution is 2.38. The number of rotatable bonds is 5. The lowest BCUT2D eigenvalue weighted by Gasteiger charge is -2.42. The Morgan fingerprint density at radius 1 is 1.24 bits per heavy atom. The molecule has 1 fully saturated rings. The van der Waals surface area contributed by atoms with Gasteiger partial charge >= 0.3 is 6.09 Å². The third kappa shape index (κ3) is 5.44. The Kier molecular flexibility index (Phi) is 7.01. The second-order valence-electron chi connectivity index (χ2n) is 10.0. The molecular weight excluding hydrogens is 501 g/mol. The summed E-state index contributed by atoms with van der Waals surface area (Å²) in [7, 11) is 0. The molecule has 8 heteroatoms. The topological polar surface area (TPSA) is 67.4 Å². The van der Waals surface area contributed by atoms with Crippen molar-refractivity contribution >= 4 is 32.9 Å². The summed E-state index contributed by atoms with van der Waals surface area (Å²) in [6.07, 6.45) is 2.69. The molecule has 0 spiro atoms. The van der Waals surface area contributed by atoms with E-state index in [1.54, 1.807) is 11.1 Å². The van der Waals surface area contributed by atoms with Crippen molar-refractivity contribution in [3.63, 3.8) is 0 Å². The molecule has 1 aromatic heterocycles. The first kappa shape index (κ1) is 24.7. The Bertz CT molecular complexity index is 1150. The van der Waals surface area contributed by atoms with Crippen molar-refractivity contribution in [2.75, 3.05) is 19.7 Å². The molecule has 6 nitrogen and oxygen atoms in total. The number of nitrogens with zero attached hydrogens (tertiary/aromatic N) is 2. The Morgan fingerprint density at radius 3 is 2.56 bits per heavy atom. The first-order valence-corrected chi connectivity index (χ1v) is 12.3. The van der Waals surface area contributed by atoms with Crippen LogP contribution in [-0.2, 0) is 14.9 Å². The van der Waals surface area contributed by atoms with Gasteiger partial charge in [0, 0.05) is 33.9 Å². The van der Waals surface area contributed by atoms with E-state index in [4.69, 9.17) is 9.47 Å². The number of aromatic nitrogens is 2. The predicted molar refractivity (Wildman–Crippen MR) is 133 cm³/mol. The van der Waals surface area contributed by atoms with Gasteiger partial charge in [0.15, 0.2) is 0 Å². The van der Waals surface area contributed by atoms with Gasteiger partial charge in [-0.25, -0.2) is 9.18 Å². The van der Waals surface area contributed by atoms with Crippen molar-refractivity contribution in [1.82, 2.24) is 15.1 Å². The van der Waals surface area contributed by atoms with Crippen LogP contribution in [0.2, 0.25) is 0 Å². The van der Waals surface area contributed by atoms with Gasteiger partial charge < -0.3 is 14.4 Å². The monoisotopic (exact) mass is 531 g/mol. The van der Waals surface area contributed by atoms with E-state index < -0.39 is 5.60 Å². The summed E-state index contributed by atoms with van der Waals surface area (Å²) in [6.45, 7) is 9.17. The van der Waals surface area contributed by atoms with Crippen LogP contribution in [0.25, 0.3) is 10.9 Å². The molecule has 1 N–H and O–H groups in total. The number of nitrogens with one attached hydrogen (secondary N) is 1. The largest absolute Gasteiger partial charge is 0.444 e. The van der Waals surface area contributed by atoms with Gasteiger partial charge in [-0.2, -0.15) is 5.10 Å². The Labute approximate surface area is 207 Å². The summed E-state index contributed by atoms with van der Waals surface area (Å²) in [6, 6.07) is 10.7. The smallest absolute Gasteiger partial charge is 0.410 e. The van der Waals surface area contributed by atoms with Crippen molar-refractivity contribution in [3.05, 3.63) is 64.0 Å². The van der Waals surface area contributed by atoms with E-state index in [0.717, 1.165) is 26.5 Å². The lowest BCUT2D eigenvalue weighted by Crippen LogP contribution is -2.48. The summed E-state index contributed by atoms with van der Waals surface area (Å²) in [5.41, 5.74) is 2.11. The summed E-state index contributed by atoms with van der Waals surface area (Å²) in [5.74, 6) is -0.268. The van der Waals surface area contributed by atoms with E-state index in [1.165, 1.54) is 12.1 Å². The molecule has 1 saturated heterocycles. The van der Waals surface area contributed by atoms with Crippen LogP contribution in [0.15, 0.2) is 47.1 Å². The molecule has 4 rings (SSSR count). The van der Waals surface area contributed by atoms with E-state index in [9.17, 15) is 9.18 Å². The van der Waals surface area contributed by atoms with Gasteiger partial charge in [0.2, 0.25) is 0 Å². The maximum Gasteiger partial charge on any atom is 0.410 e. The molecule has 2 heterocycles. The van der Waals surface area contributed by atoms with Crippen LogP contribution < -0.4 is 0 Å². The molecule has 1 aliphatic rings. The van der Waals surface area contributed by atoms with Crippen LogP contribution in [0.3, 0.4) is 0 Å². The number of carbonyl (C=O) groups excluding carboxylic acids is 1. The first-order valence-electron chi connectivity index (χ1n) is 11.5. The lowest BCUT2D eigenvalue weighted by atomic mass is 9.73. The minimum atomic E-state index is -0.539. The molecule has 0 aliphatic carbocycles. The van der Waals surface area contributed by atoms with E-state index in [-0.39, 0.29) is 23.4 Å². The number of ether oxygens (including phenoxy) is 2. The standard InChI is InChI=1S/C26H31BrFN3O3/c1-17(22-14-20(27)13-18-15-29-30-23(18)22)33-16-26(19-5-7-21(28)8-6-19)9-11-31(12-10-26)24(32)34-25(2,3)4/h5-8,13-15,17H,9-12,16H2,1-4H3,(H,29,30). The summed E-state index contributed by atoms with van der Waals surface area (Å²) in [4.78, 5) is 14.3. The second kappa shape index (κ2) is 9.66. The minimum Gasteiger partial charge on any atom is -0.444 e. The normalized spacial score (nSPS) is 17.1. The van der Waals surface area contributed by atoms with E-state index >= 15 is 0 Å². The fourth-order valence-corrected chi connectivity index (χ4v) is 5.00. The lowest BCUT2D eigenvalue weighted by molar-refractivity contribution is -0.00934. The number of halogens is 2. The van der Waals surface area contributed by atoms with Gasteiger partial charge in [0.1, 0.15) is 11.4 Å². The molecule has 182 valence electrons. The van der Waals surface area contributed by atoms with Gasteiger partial charge in [-0.15, -0.1) is 0 Å². The molecule has 1 unspecified atom stereocenters. The molecular formula is C26H31BrFN3O3. The number of benzene rings is 2. The van der Waals surface area contributed by atoms with Crippen molar-refractivity contribution in [2.24, 2.45) is 0 Å². The third-order valence-corrected chi connectivity index (χ3v) is 6.88. The maximum atomic E-state index is 13.7. The molecule has 0 saturated carbocycles. The Hall–Kier alpha value is -2.45. The van der Waals surface area contributed by atoms with Crippen molar-refractivity contribution in [3.8, 4) is 0 Å². The number of hydrogen-bond acceptors (Lipinski definition) is 4. The van der Waals surface area contributed by atoms with Crippen molar-refractivity contribution in [1.29, 1.82) is 0 Å². The third-order valence-electron chi connectivity index (χ3n) is 6.42. The highest BCUT2D eigenvalue weighted by Gasteiger charge is 2.39. The number of fused-ring (bicyclic) bond motifs is 1. The Balaban J connectivity index is 1.54. The van der Waals surface area contributed by atoms with E-state index in [0.29, 0.717) is 32.5 Å². The number of likely N-dealkylation sites (tertiary alicyclic amines) is 1. The minimum absolute atomic E-state index is 0.193. The predicted octanol–water partition coefficient (Wildman–Crippen LogP) is 6.51. The maximum absolute atomic E-state index is 13.7. The highest BCUT2D eigenvalue weighted by atomic mass is 79.9. The van der Waals surface area contributed by atoms with Crippen LogP contribution in [0, 0.1) is 5.82 Å². The summed E-state index contributed by atoms with van der Waals surface area (Å²) < 4.78 is 26.7. The second-order valence-corrected chi connectivity index (χ2v) is 11.0.